The molecule has 0 spiro atoms. The van der Waals surface area contributed by atoms with Crippen LogP contribution in [0.3, 0.4) is 0 Å². The Morgan fingerprint density at radius 3 is 2.42 bits per heavy atom. The Morgan fingerprint density at radius 2 is 1.81 bits per heavy atom. The second-order valence-corrected chi connectivity index (χ2v) is 7.50. The molecule has 1 aliphatic heterocycles. The van der Waals surface area contributed by atoms with Gasteiger partial charge in [0.25, 0.3) is 0 Å². The van der Waals surface area contributed by atoms with Gasteiger partial charge in [0.2, 0.25) is 5.91 Å². The highest BCUT2D eigenvalue weighted by molar-refractivity contribution is 5.82. The molecule has 2 aromatic rings. The zero-order valence-electron chi connectivity index (χ0n) is 15.6. The van der Waals surface area contributed by atoms with Gasteiger partial charge in [-0.25, -0.2) is 4.68 Å². The molecule has 7 nitrogen and oxygen atoms in total. The second kappa shape index (κ2) is 7.05. The maximum atomic E-state index is 12.5. The smallest absolute Gasteiger partial charge is 0.242 e. The van der Waals surface area contributed by atoms with Gasteiger partial charge in [-0.1, -0.05) is 12.8 Å². The Hall–Kier alpha value is -2.44. The van der Waals surface area contributed by atoms with Crippen molar-refractivity contribution < 1.29 is 4.79 Å². The summed E-state index contributed by atoms with van der Waals surface area (Å²) in [5.74, 6) is 2.35. The van der Waals surface area contributed by atoms with E-state index in [1.54, 1.807) is 4.68 Å². The van der Waals surface area contributed by atoms with Gasteiger partial charge in [0.1, 0.15) is 0 Å². The fourth-order valence-corrected chi connectivity index (χ4v) is 4.06. The fraction of sp³-hybridized carbons (Fsp3) is 0.579. The quantitative estimate of drug-likeness (QED) is 0.841. The molecule has 1 aliphatic carbocycles. The molecule has 2 aliphatic rings. The third-order valence-electron chi connectivity index (χ3n) is 5.46. The van der Waals surface area contributed by atoms with E-state index in [1.807, 2.05) is 41.8 Å². The number of anilines is 1. The number of carbonyl (C=O) groups excluding carboxylic acids is 1. The molecule has 0 unspecified atom stereocenters. The van der Waals surface area contributed by atoms with Gasteiger partial charge in [-0.05, 0) is 50.8 Å². The number of aryl methyl sites for hydroxylation is 2. The molecule has 1 saturated heterocycles. The lowest BCUT2D eigenvalue weighted by Gasteiger charge is -2.36. The molecule has 4 rings (SSSR count). The minimum Gasteiger partial charge on any atom is -0.344 e. The highest BCUT2D eigenvalue weighted by atomic mass is 16.2. The molecule has 1 amide bonds. The third kappa shape index (κ3) is 3.43. The SMILES string of the molecule is Cc1cc(C)n(-c2ccc(N3CCN(CC4CCCC4)C(=O)C3)nn2)n1. The van der Waals surface area contributed by atoms with E-state index in [2.05, 4.69) is 15.3 Å². The van der Waals surface area contributed by atoms with Crippen LogP contribution in [0.15, 0.2) is 18.2 Å². The van der Waals surface area contributed by atoms with Crippen LogP contribution in [0.25, 0.3) is 5.82 Å². The summed E-state index contributed by atoms with van der Waals surface area (Å²) < 4.78 is 1.79. The molecule has 0 bridgehead atoms. The average Bonchev–Trinajstić information content (AvgIpc) is 3.26. The first-order valence-corrected chi connectivity index (χ1v) is 9.50. The van der Waals surface area contributed by atoms with Gasteiger partial charge < -0.3 is 9.80 Å². The molecular weight excluding hydrogens is 328 g/mol. The summed E-state index contributed by atoms with van der Waals surface area (Å²) in [6.07, 6.45) is 5.17. The minimum absolute atomic E-state index is 0.201. The van der Waals surface area contributed by atoms with Crippen LogP contribution in [0.2, 0.25) is 0 Å². The van der Waals surface area contributed by atoms with Gasteiger partial charge in [-0.15, -0.1) is 10.2 Å². The van der Waals surface area contributed by atoms with Crippen molar-refractivity contribution in [1.29, 1.82) is 0 Å². The van der Waals surface area contributed by atoms with Crippen molar-refractivity contribution >= 4 is 11.7 Å². The molecule has 2 aromatic heterocycles. The molecule has 3 heterocycles. The van der Waals surface area contributed by atoms with Crippen LogP contribution in [0.4, 0.5) is 5.82 Å². The number of rotatable bonds is 4. The van der Waals surface area contributed by atoms with Crippen molar-refractivity contribution in [3.8, 4) is 5.82 Å². The maximum absolute atomic E-state index is 12.5. The number of hydrogen-bond donors (Lipinski definition) is 0. The van der Waals surface area contributed by atoms with Crippen LogP contribution in [-0.4, -0.2) is 57.0 Å². The van der Waals surface area contributed by atoms with Crippen molar-refractivity contribution in [2.75, 3.05) is 31.1 Å². The van der Waals surface area contributed by atoms with Crippen LogP contribution in [0.5, 0.6) is 0 Å². The van der Waals surface area contributed by atoms with Crippen LogP contribution < -0.4 is 4.90 Å². The maximum Gasteiger partial charge on any atom is 0.242 e. The van der Waals surface area contributed by atoms with Gasteiger partial charge in [0.15, 0.2) is 11.6 Å². The molecule has 0 N–H and O–H groups in total. The van der Waals surface area contributed by atoms with Crippen molar-refractivity contribution in [3.63, 3.8) is 0 Å². The van der Waals surface area contributed by atoms with Crippen LogP contribution in [0.1, 0.15) is 37.1 Å². The van der Waals surface area contributed by atoms with E-state index in [0.29, 0.717) is 18.3 Å². The predicted octanol–water partition coefficient (Wildman–Crippen LogP) is 2.12. The van der Waals surface area contributed by atoms with Gasteiger partial charge >= 0.3 is 0 Å². The standard InChI is InChI=1S/C19H26N6O/c1-14-11-15(2)25(22-14)18-8-7-17(20-21-18)23-9-10-24(19(26)13-23)12-16-5-3-4-6-16/h7-8,11,16H,3-6,9-10,12-13H2,1-2H3. The Labute approximate surface area is 154 Å². The molecule has 7 heteroatoms. The van der Waals surface area contributed by atoms with E-state index in [1.165, 1.54) is 25.7 Å². The second-order valence-electron chi connectivity index (χ2n) is 7.50. The molecule has 0 aromatic carbocycles. The molecular formula is C19H26N6O. The minimum atomic E-state index is 0.201. The van der Waals surface area contributed by atoms with E-state index in [4.69, 9.17) is 0 Å². The average molecular weight is 354 g/mol. The van der Waals surface area contributed by atoms with Crippen LogP contribution in [0, 0.1) is 19.8 Å². The number of aromatic nitrogens is 4. The number of amides is 1. The summed E-state index contributed by atoms with van der Waals surface area (Å²) in [4.78, 5) is 16.6. The topological polar surface area (TPSA) is 67.2 Å². The van der Waals surface area contributed by atoms with E-state index < -0.39 is 0 Å². The first-order chi connectivity index (χ1) is 12.6. The van der Waals surface area contributed by atoms with Crippen LogP contribution >= 0.6 is 0 Å². The Balaban J connectivity index is 1.40. The highest BCUT2D eigenvalue weighted by Gasteiger charge is 2.28. The molecule has 0 radical (unpaired) electrons. The summed E-state index contributed by atoms with van der Waals surface area (Å²) in [7, 11) is 0. The van der Waals surface area contributed by atoms with E-state index >= 15 is 0 Å². The highest BCUT2D eigenvalue weighted by Crippen LogP contribution is 2.26. The summed E-state index contributed by atoms with van der Waals surface area (Å²) in [6, 6.07) is 5.85. The lowest BCUT2D eigenvalue weighted by atomic mass is 10.1. The van der Waals surface area contributed by atoms with Crippen molar-refractivity contribution in [2.45, 2.75) is 39.5 Å². The lowest BCUT2D eigenvalue weighted by molar-refractivity contribution is -0.131. The van der Waals surface area contributed by atoms with Crippen LogP contribution in [-0.2, 0) is 4.79 Å². The molecule has 1 saturated carbocycles. The number of piperazine rings is 1. The molecule has 0 atom stereocenters. The first kappa shape index (κ1) is 17.0. The summed E-state index contributed by atoms with van der Waals surface area (Å²) in [5.41, 5.74) is 1.98. The van der Waals surface area contributed by atoms with Gasteiger partial charge in [0.05, 0.1) is 12.2 Å². The zero-order chi connectivity index (χ0) is 18.1. The Kier molecular flexibility index (Phi) is 4.61. The summed E-state index contributed by atoms with van der Waals surface area (Å²) in [6.45, 7) is 6.86. The zero-order valence-corrected chi connectivity index (χ0v) is 15.6. The van der Waals surface area contributed by atoms with Gasteiger partial charge in [-0.2, -0.15) is 5.10 Å². The van der Waals surface area contributed by atoms with Crippen molar-refractivity contribution in [1.82, 2.24) is 24.9 Å². The molecule has 138 valence electrons. The van der Waals surface area contributed by atoms with E-state index in [9.17, 15) is 4.79 Å². The van der Waals surface area contributed by atoms with Crippen molar-refractivity contribution in [3.05, 3.63) is 29.6 Å². The van der Waals surface area contributed by atoms with Gasteiger partial charge in [-0.3, -0.25) is 4.79 Å². The normalized spacial score (nSPS) is 18.8. The largest absolute Gasteiger partial charge is 0.344 e. The number of hydrogen-bond acceptors (Lipinski definition) is 5. The van der Waals surface area contributed by atoms with E-state index in [0.717, 1.165) is 36.8 Å². The molecule has 26 heavy (non-hydrogen) atoms. The fourth-order valence-electron chi connectivity index (χ4n) is 4.06. The summed E-state index contributed by atoms with van der Waals surface area (Å²) >= 11 is 0. The van der Waals surface area contributed by atoms with Crippen molar-refractivity contribution in [2.24, 2.45) is 5.92 Å². The Bertz CT molecular complexity index is 778. The monoisotopic (exact) mass is 354 g/mol. The predicted molar refractivity (Wildman–Crippen MR) is 99.4 cm³/mol. The summed E-state index contributed by atoms with van der Waals surface area (Å²) in [5, 5.41) is 13.1. The lowest BCUT2D eigenvalue weighted by Crippen LogP contribution is -2.51. The number of nitrogens with zero attached hydrogens (tertiary/aromatic N) is 6. The third-order valence-corrected chi connectivity index (χ3v) is 5.46. The number of carbonyl (C=O) groups is 1. The Morgan fingerprint density at radius 1 is 1.08 bits per heavy atom. The molecule has 2 fully saturated rings. The van der Waals surface area contributed by atoms with Gasteiger partial charge in [0, 0.05) is 25.3 Å². The first-order valence-electron chi connectivity index (χ1n) is 9.50. The van der Waals surface area contributed by atoms with E-state index in [-0.39, 0.29) is 5.91 Å².